The Morgan fingerprint density at radius 3 is 2.47 bits per heavy atom. The van der Waals surface area contributed by atoms with Crippen LogP contribution in [0.15, 0.2) is 60.2 Å². The third-order valence-electron chi connectivity index (χ3n) is 7.70. The molecule has 7 heteroatoms. The fourth-order valence-electron chi connectivity index (χ4n) is 5.63. The van der Waals surface area contributed by atoms with E-state index in [0.717, 1.165) is 67.1 Å². The molecule has 1 fully saturated rings. The van der Waals surface area contributed by atoms with Crippen LogP contribution in [0.1, 0.15) is 70.3 Å². The number of benzene rings is 2. The first kappa shape index (κ1) is 24.5. The van der Waals surface area contributed by atoms with Crippen LogP contribution in [0.3, 0.4) is 0 Å². The van der Waals surface area contributed by atoms with E-state index in [0.29, 0.717) is 12.5 Å². The van der Waals surface area contributed by atoms with Crippen molar-refractivity contribution in [2.24, 2.45) is 5.92 Å². The van der Waals surface area contributed by atoms with Gasteiger partial charge in [-0.3, -0.25) is 0 Å². The van der Waals surface area contributed by atoms with Crippen molar-refractivity contribution in [3.8, 4) is 22.5 Å². The van der Waals surface area contributed by atoms with Crippen LogP contribution in [0, 0.1) is 5.92 Å². The molecule has 190 valence electrons. The van der Waals surface area contributed by atoms with Gasteiger partial charge in [0, 0.05) is 18.7 Å². The van der Waals surface area contributed by atoms with Crippen LogP contribution in [-0.4, -0.2) is 43.6 Å². The van der Waals surface area contributed by atoms with E-state index < -0.39 is 0 Å². The number of nitrogens with one attached hydrogen (secondary N) is 1. The third kappa shape index (κ3) is 5.61. The first-order valence-electron chi connectivity index (χ1n) is 13.5. The van der Waals surface area contributed by atoms with Gasteiger partial charge < -0.3 is 9.80 Å². The van der Waals surface area contributed by atoms with Crippen molar-refractivity contribution >= 4 is 0 Å². The molecular formula is C29H37FN6. The van der Waals surface area contributed by atoms with Gasteiger partial charge in [0.1, 0.15) is 0 Å². The van der Waals surface area contributed by atoms with E-state index in [-0.39, 0.29) is 5.95 Å². The van der Waals surface area contributed by atoms with E-state index in [9.17, 15) is 0 Å². The minimum atomic E-state index is 0.00507. The second-order valence-corrected chi connectivity index (χ2v) is 10.2. The highest BCUT2D eigenvalue weighted by Gasteiger charge is 2.29. The molecule has 3 aromatic rings. The van der Waals surface area contributed by atoms with E-state index in [4.69, 9.17) is 0 Å². The molecule has 1 saturated carbocycles. The number of unbranched alkanes of at least 4 members (excludes halogenated alkanes) is 1. The van der Waals surface area contributed by atoms with Crippen LogP contribution >= 0.6 is 0 Å². The fourth-order valence-corrected chi connectivity index (χ4v) is 5.63. The first-order valence-corrected chi connectivity index (χ1v) is 13.5. The summed E-state index contributed by atoms with van der Waals surface area (Å²) in [5.74, 6) is 1.43. The van der Waals surface area contributed by atoms with E-state index in [1.54, 1.807) is 0 Å². The number of aromatic nitrogens is 4. The van der Waals surface area contributed by atoms with Crippen LogP contribution in [0.5, 0.6) is 0 Å². The van der Waals surface area contributed by atoms with Gasteiger partial charge in [-0.25, -0.2) is 5.10 Å². The summed E-state index contributed by atoms with van der Waals surface area (Å²) in [6.07, 6.45) is 10.7. The smallest absolute Gasteiger partial charge is 0.210 e. The van der Waals surface area contributed by atoms with Crippen molar-refractivity contribution in [3.05, 3.63) is 65.7 Å². The second-order valence-electron chi connectivity index (χ2n) is 10.2. The zero-order valence-corrected chi connectivity index (χ0v) is 21.3. The Bertz CT molecular complexity index is 1130. The minimum absolute atomic E-state index is 0.00507. The summed E-state index contributed by atoms with van der Waals surface area (Å²) in [7, 11) is 0. The molecule has 0 bridgehead atoms. The summed E-state index contributed by atoms with van der Waals surface area (Å²) in [5.41, 5.74) is 5.22. The number of tetrazole rings is 1. The van der Waals surface area contributed by atoms with Crippen LogP contribution in [0.2, 0.25) is 0 Å². The molecule has 5 rings (SSSR count). The Labute approximate surface area is 213 Å². The van der Waals surface area contributed by atoms with Gasteiger partial charge in [-0.2, -0.15) is 4.39 Å². The predicted molar refractivity (Wildman–Crippen MR) is 141 cm³/mol. The van der Waals surface area contributed by atoms with Gasteiger partial charge in [-0.15, -0.1) is 5.10 Å². The molecular weight excluding hydrogens is 451 g/mol. The Kier molecular flexibility index (Phi) is 7.94. The number of aromatic amines is 1. The summed E-state index contributed by atoms with van der Waals surface area (Å²) in [6, 6.07) is 16.7. The van der Waals surface area contributed by atoms with Gasteiger partial charge in [0.15, 0.2) is 5.82 Å². The molecule has 2 heterocycles. The first-order chi connectivity index (χ1) is 17.7. The predicted octanol–water partition coefficient (Wildman–Crippen LogP) is 6.91. The molecule has 0 unspecified atom stereocenters. The van der Waals surface area contributed by atoms with E-state index >= 15 is 4.39 Å². The SMILES string of the molecule is CCCCC1=C(F)N(CCC2CCCCC2)CN1Cc1ccc(-c2ccccc2-c2nnn[nH]2)cc1. The average molecular weight is 489 g/mol. The summed E-state index contributed by atoms with van der Waals surface area (Å²) < 4.78 is 15.5. The Morgan fingerprint density at radius 2 is 1.75 bits per heavy atom. The highest BCUT2D eigenvalue weighted by atomic mass is 19.1. The lowest BCUT2D eigenvalue weighted by Gasteiger charge is -2.26. The highest BCUT2D eigenvalue weighted by Crippen LogP contribution is 2.34. The largest absolute Gasteiger partial charge is 0.349 e. The maximum Gasteiger partial charge on any atom is 0.210 e. The van der Waals surface area contributed by atoms with E-state index in [1.165, 1.54) is 37.7 Å². The number of halogens is 1. The van der Waals surface area contributed by atoms with Gasteiger partial charge in [-0.1, -0.05) is 94.0 Å². The summed E-state index contributed by atoms with van der Waals surface area (Å²) in [4.78, 5) is 4.23. The lowest BCUT2D eigenvalue weighted by Crippen LogP contribution is -2.29. The molecule has 0 atom stereocenters. The monoisotopic (exact) mass is 488 g/mol. The van der Waals surface area contributed by atoms with Crippen LogP contribution < -0.4 is 0 Å². The van der Waals surface area contributed by atoms with Crippen molar-refractivity contribution in [3.63, 3.8) is 0 Å². The molecule has 2 aromatic carbocycles. The molecule has 1 aliphatic carbocycles. The summed E-state index contributed by atoms with van der Waals surface area (Å²) >= 11 is 0. The number of hydrogen-bond acceptors (Lipinski definition) is 5. The average Bonchev–Trinajstić information content (AvgIpc) is 3.56. The third-order valence-corrected chi connectivity index (χ3v) is 7.70. The molecule has 0 saturated heterocycles. The molecule has 1 aliphatic heterocycles. The normalized spacial score (nSPS) is 16.8. The Balaban J connectivity index is 1.28. The van der Waals surface area contributed by atoms with E-state index in [1.807, 2.05) is 23.1 Å². The van der Waals surface area contributed by atoms with Gasteiger partial charge >= 0.3 is 0 Å². The van der Waals surface area contributed by atoms with Crippen molar-refractivity contribution < 1.29 is 4.39 Å². The number of nitrogens with zero attached hydrogens (tertiary/aromatic N) is 5. The van der Waals surface area contributed by atoms with Crippen LogP contribution in [-0.2, 0) is 6.54 Å². The fraction of sp³-hybridized carbons (Fsp3) is 0.483. The number of allylic oxidation sites excluding steroid dienone is 1. The molecule has 6 nitrogen and oxygen atoms in total. The lowest BCUT2D eigenvalue weighted by molar-refractivity contribution is 0.196. The molecule has 2 aliphatic rings. The van der Waals surface area contributed by atoms with Gasteiger partial charge in [0.2, 0.25) is 5.95 Å². The van der Waals surface area contributed by atoms with Crippen molar-refractivity contribution in [1.29, 1.82) is 0 Å². The topological polar surface area (TPSA) is 60.9 Å². The zero-order valence-electron chi connectivity index (χ0n) is 21.3. The second kappa shape index (κ2) is 11.7. The number of hydrogen-bond donors (Lipinski definition) is 1. The number of rotatable bonds is 10. The molecule has 0 amide bonds. The Hall–Kier alpha value is -3.22. The standard InChI is InChI=1S/C29H37FN6/c1-2-3-13-27-28(30)35(19-18-22-9-5-4-6-10-22)21-36(27)20-23-14-16-24(17-15-23)25-11-7-8-12-26(25)29-31-33-34-32-29/h7-8,11-12,14-17,22H,2-6,9-10,13,18-21H2,1H3,(H,31,32,33,34). The molecule has 1 aromatic heterocycles. The molecule has 0 spiro atoms. The van der Waals surface area contributed by atoms with Gasteiger partial charge in [0.05, 0.1) is 12.4 Å². The quantitative estimate of drug-likeness (QED) is 0.314. The molecule has 0 radical (unpaired) electrons. The van der Waals surface area contributed by atoms with E-state index in [2.05, 4.69) is 62.8 Å². The minimum Gasteiger partial charge on any atom is -0.349 e. The van der Waals surface area contributed by atoms with Crippen LogP contribution in [0.25, 0.3) is 22.5 Å². The van der Waals surface area contributed by atoms with Crippen molar-refractivity contribution in [2.75, 3.05) is 13.2 Å². The maximum atomic E-state index is 15.5. The van der Waals surface area contributed by atoms with Gasteiger partial charge in [0.25, 0.3) is 0 Å². The van der Waals surface area contributed by atoms with Crippen LogP contribution in [0.4, 0.5) is 4.39 Å². The lowest BCUT2D eigenvalue weighted by atomic mass is 9.87. The zero-order chi connectivity index (χ0) is 24.7. The van der Waals surface area contributed by atoms with Gasteiger partial charge in [-0.05, 0) is 52.3 Å². The van der Waals surface area contributed by atoms with Crippen molar-refractivity contribution in [1.82, 2.24) is 30.4 Å². The van der Waals surface area contributed by atoms with Crippen molar-refractivity contribution in [2.45, 2.75) is 71.3 Å². The summed E-state index contributed by atoms with van der Waals surface area (Å²) in [6.45, 7) is 4.37. The summed E-state index contributed by atoms with van der Waals surface area (Å²) in [5, 5.41) is 14.4. The molecule has 1 N–H and O–H groups in total. The molecule has 36 heavy (non-hydrogen) atoms. The Morgan fingerprint density at radius 1 is 0.972 bits per heavy atom. The highest BCUT2D eigenvalue weighted by molar-refractivity contribution is 5.80. The number of H-pyrrole nitrogens is 1. The maximum absolute atomic E-state index is 15.5.